The Labute approximate surface area is 379 Å². The molecule has 1 fully saturated rings. The lowest BCUT2D eigenvalue weighted by molar-refractivity contribution is -0.152. The van der Waals surface area contributed by atoms with Crippen molar-refractivity contribution in [3.05, 3.63) is 93.5 Å². The molecule has 7 rings (SSSR count). The number of guanidine groups is 1. The summed E-state index contributed by atoms with van der Waals surface area (Å²) in [4.78, 5) is 17.7. The molecule has 12 heteroatoms. The minimum absolute atomic E-state index is 0.0400. The van der Waals surface area contributed by atoms with Crippen molar-refractivity contribution in [2.45, 2.75) is 141 Å². The summed E-state index contributed by atoms with van der Waals surface area (Å²) in [7, 11) is 0. The maximum absolute atomic E-state index is 12.8. The second kappa shape index (κ2) is 21.1. The lowest BCUT2D eigenvalue weighted by Crippen LogP contribution is -2.59. The molecule has 12 nitrogen and oxygen atoms in total. The first-order chi connectivity index (χ1) is 30.7. The van der Waals surface area contributed by atoms with Crippen molar-refractivity contribution in [1.82, 2.24) is 16.0 Å². The largest absolute Gasteiger partial charge is 0.504 e. The van der Waals surface area contributed by atoms with Gasteiger partial charge in [0.1, 0.15) is 12.2 Å². The summed E-state index contributed by atoms with van der Waals surface area (Å²) >= 11 is 0. The number of phenolic OH excluding ortho intramolecular Hbond substituents is 1. The molecular weight excluding hydrogens is 807 g/mol. The number of nitrogens with two attached hydrogens (primary N) is 1. The molecule has 0 unspecified atom stereocenters. The fourth-order valence-electron chi connectivity index (χ4n) is 10.8. The zero-order valence-electron chi connectivity index (χ0n) is 38.3. The number of hydrogen-bond acceptors (Lipinski definition) is 12. The number of fused-ring (bicyclic) bond motifs is 8. The molecule has 1 aliphatic carbocycles. The van der Waals surface area contributed by atoms with E-state index in [1.54, 1.807) is 13.0 Å². The van der Waals surface area contributed by atoms with Crippen LogP contribution in [0.25, 0.3) is 0 Å². The number of benzene rings is 3. The molecule has 0 saturated carbocycles. The van der Waals surface area contributed by atoms with Crippen LogP contribution in [0.3, 0.4) is 0 Å². The third-order valence-electron chi connectivity index (χ3n) is 14.3. The molecule has 3 aromatic carbocycles. The Hall–Kier alpha value is -4.64. The van der Waals surface area contributed by atoms with Crippen LogP contribution in [0.5, 0.6) is 11.5 Å². The van der Waals surface area contributed by atoms with Crippen molar-refractivity contribution in [2.24, 2.45) is 28.0 Å². The maximum Gasteiger partial charge on any atom is 0.302 e. The summed E-state index contributed by atoms with van der Waals surface area (Å²) in [6.45, 7) is 9.94. The van der Waals surface area contributed by atoms with E-state index in [0.29, 0.717) is 50.1 Å². The average Bonchev–Trinajstić information content (AvgIpc) is 3.25. The number of carbonyl (C=O) groups excluding carboxylic acids is 1. The highest BCUT2D eigenvalue weighted by molar-refractivity contribution is 5.78. The normalized spacial score (nSPS) is 29.8. The van der Waals surface area contributed by atoms with Gasteiger partial charge in [0, 0.05) is 56.1 Å². The summed E-state index contributed by atoms with van der Waals surface area (Å²) in [5, 5.41) is 56.5. The molecule has 9 N–H and O–H groups in total. The predicted molar refractivity (Wildman–Crippen MR) is 250 cm³/mol. The SMILES string of the molecule is CC(=O)O[C@H]1C[C@@H](O)CC[C@]2([C@H](C)O)C#C[C@H]3CCC[C@]4(CNCCc5cccc(c5)[C@@H](Cc5cc(C)cc(C)c5)CNC(N)=NC2)C[C@H](CCN4)Oc2cc(c(CO)cc2O)C[C@@H]13. The van der Waals surface area contributed by atoms with Gasteiger partial charge in [-0.15, -0.1) is 0 Å². The second-order valence-electron chi connectivity index (χ2n) is 19.4. The Balaban J connectivity index is 1.34. The van der Waals surface area contributed by atoms with Crippen molar-refractivity contribution in [2.75, 3.05) is 32.7 Å². The van der Waals surface area contributed by atoms with E-state index in [9.17, 15) is 25.2 Å². The number of aliphatic imine (C=N–C) groups is 1. The minimum Gasteiger partial charge on any atom is -0.504 e. The lowest BCUT2D eigenvalue weighted by atomic mass is 9.72. The lowest BCUT2D eigenvalue weighted by Gasteiger charge is -2.43. The Morgan fingerprint density at radius 2 is 1.89 bits per heavy atom. The third-order valence-corrected chi connectivity index (χ3v) is 14.3. The van der Waals surface area contributed by atoms with Crippen molar-refractivity contribution in [1.29, 1.82) is 0 Å². The first-order valence-corrected chi connectivity index (χ1v) is 23.6. The second-order valence-corrected chi connectivity index (χ2v) is 19.4. The quantitative estimate of drug-likeness (QED) is 0.123. The number of hydrogen-bond donors (Lipinski definition) is 8. The number of ether oxygens (including phenoxy) is 2. The van der Waals surface area contributed by atoms with Crippen molar-refractivity contribution in [3.63, 3.8) is 0 Å². The van der Waals surface area contributed by atoms with Crippen molar-refractivity contribution in [3.8, 4) is 23.3 Å². The number of rotatable bonds is 5. The Morgan fingerprint density at radius 1 is 1.08 bits per heavy atom. The molecule has 346 valence electrons. The standard InChI is InChI=1S/C52H71N5O7/c1-33-19-34(2)21-38(20-33)23-42-29-55-50(53)56-31-51(35(3)59)15-10-39-9-6-14-52(32-54-17-12-37-7-5-8-40(42)22-37)28-45(13-18-57-52)64-49-26-41(43(30-58)25-47(49)62)24-46(39)48(63-36(4)60)27-44(61)11-16-51/h5,7-8,19-22,25-26,35,39,42,44-46,48,54,57-59,61-62H,6,9,11-14,16-18,23-24,27-32H2,1-4H3,(H3,53,55,56)/t35-,39+,42-,44-,45-,46+,48-,51+,52+/m0/s1. The van der Waals surface area contributed by atoms with Crippen molar-refractivity contribution < 1.29 is 34.7 Å². The number of aliphatic hydroxyl groups excluding tert-OH is 3. The maximum atomic E-state index is 12.8. The van der Waals surface area contributed by atoms with Crippen LogP contribution in [-0.2, 0) is 35.4 Å². The summed E-state index contributed by atoms with van der Waals surface area (Å²) < 4.78 is 12.8. The van der Waals surface area contributed by atoms with Crippen LogP contribution in [-0.4, -0.2) is 95.0 Å². The van der Waals surface area contributed by atoms with E-state index in [-0.39, 0.29) is 61.2 Å². The van der Waals surface area contributed by atoms with Gasteiger partial charge in [0.25, 0.3) is 0 Å². The van der Waals surface area contributed by atoms with E-state index in [2.05, 4.69) is 84.1 Å². The Morgan fingerprint density at radius 3 is 2.66 bits per heavy atom. The van der Waals surface area contributed by atoms with Gasteiger partial charge in [-0.1, -0.05) is 71.9 Å². The zero-order valence-corrected chi connectivity index (χ0v) is 38.3. The third kappa shape index (κ3) is 12.0. The van der Waals surface area contributed by atoms with Gasteiger partial charge in [-0.05, 0) is 125 Å². The summed E-state index contributed by atoms with van der Waals surface area (Å²) in [6, 6.07) is 18.9. The molecule has 9 atom stereocenters. The number of nitrogens with zero attached hydrogens (tertiary/aromatic N) is 1. The number of nitrogens with one attached hydrogen (secondary N) is 3. The molecule has 0 radical (unpaired) electrons. The van der Waals surface area contributed by atoms with Crippen LogP contribution in [0, 0.1) is 42.9 Å². The molecule has 0 aromatic heterocycles. The van der Waals surface area contributed by atoms with Gasteiger partial charge in [0.15, 0.2) is 17.5 Å². The highest BCUT2D eigenvalue weighted by Crippen LogP contribution is 2.41. The van der Waals surface area contributed by atoms with E-state index >= 15 is 0 Å². The van der Waals surface area contributed by atoms with E-state index < -0.39 is 35.6 Å². The van der Waals surface area contributed by atoms with E-state index in [0.717, 1.165) is 50.8 Å². The van der Waals surface area contributed by atoms with E-state index in [1.165, 1.54) is 34.7 Å². The topological polar surface area (TPSA) is 191 Å². The van der Waals surface area contributed by atoms with Crippen LogP contribution >= 0.6 is 0 Å². The molecular formula is C52H71N5O7. The Kier molecular flexibility index (Phi) is 15.6. The number of piperidine rings is 1. The minimum atomic E-state index is -1.04. The fourth-order valence-corrected chi connectivity index (χ4v) is 10.8. The molecule has 64 heavy (non-hydrogen) atoms. The van der Waals surface area contributed by atoms with Crippen LogP contribution in [0.15, 0.2) is 59.6 Å². The van der Waals surface area contributed by atoms with Gasteiger partial charge in [-0.2, -0.15) is 0 Å². The highest BCUT2D eigenvalue weighted by Gasteiger charge is 2.41. The number of phenols is 1. The van der Waals surface area contributed by atoms with E-state index in [4.69, 9.17) is 20.2 Å². The van der Waals surface area contributed by atoms with Gasteiger partial charge in [0.05, 0.1) is 30.8 Å². The summed E-state index contributed by atoms with van der Waals surface area (Å²) in [6.07, 6.45) is 3.84. The monoisotopic (exact) mass is 878 g/mol. The summed E-state index contributed by atoms with van der Waals surface area (Å²) in [5.74, 6) is 6.67. The van der Waals surface area contributed by atoms with Gasteiger partial charge < -0.3 is 51.6 Å². The zero-order chi connectivity index (χ0) is 45.4. The first-order valence-electron chi connectivity index (χ1n) is 23.6. The van der Waals surface area contributed by atoms with Gasteiger partial charge in [-0.25, -0.2) is 0 Å². The highest BCUT2D eigenvalue weighted by atomic mass is 16.5. The molecule has 3 heterocycles. The predicted octanol–water partition coefficient (Wildman–Crippen LogP) is 5.25. The Bertz CT molecular complexity index is 2160. The van der Waals surface area contributed by atoms with Crippen LogP contribution < -0.4 is 26.4 Å². The number of esters is 1. The van der Waals surface area contributed by atoms with Gasteiger partial charge in [-0.3, -0.25) is 9.79 Å². The number of aromatic hydroxyl groups is 1. The molecule has 3 aliphatic heterocycles. The smallest absolute Gasteiger partial charge is 0.302 e. The number of aryl methyl sites for hydroxylation is 2. The van der Waals surface area contributed by atoms with Crippen LogP contribution in [0.4, 0.5) is 0 Å². The van der Waals surface area contributed by atoms with E-state index in [1.807, 2.05) is 6.07 Å². The summed E-state index contributed by atoms with van der Waals surface area (Å²) in [5.41, 5.74) is 12.8. The molecule has 1 saturated heterocycles. The molecule has 3 aromatic rings. The number of aliphatic hydroxyl groups is 3. The molecule has 4 aliphatic rings. The van der Waals surface area contributed by atoms with Gasteiger partial charge >= 0.3 is 5.97 Å². The fraction of sp³-hybridized carbons (Fsp3) is 0.577. The molecule has 0 amide bonds. The molecule has 8 bridgehead atoms. The molecule has 1 spiro atoms. The first kappa shape index (κ1) is 47.3. The van der Waals surface area contributed by atoms with Gasteiger partial charge in [0.2, 0.25) is 0 Å². The van der Waals surface area contributed by atoms with Crippen LogP contribution in [0.1, 0.15) is 110 Å². The van der Waals surface area contributed by atoms with Crippen molar-refractivity contribution >= 4 is 11.9 Å². The number of carbonyl (C=O) groups is 1. The average molecular weight is 878 g/mol. The van der Waals surface area contributed by atoms with Crippen LogP contribution in [0.2, 0.25) is 0 Å².